The van der Waals surface area contributed by atoms with Crippen molar-refractivity contribution in [3.05, 3.63) is 0 Å². The van der Waals surface area contributed by atoms with E-state index in [4.69, 9.17) is 11.6 Å². The van der Waals surface area contributed by atoms with E-state index in [1.54, 1.807) is 0 Å². The average Bonchev–Trinajstić information content (AvgIpc) is 1.56. The van der Waals surface area contributed by atoms with E-state index in [2.05, 4.69) is 0 Å². The molecule has 0 aliphatic heterocycles. The fourth-order valence-corrected chi connectivity index (χ4v) is 1.53. The minimum absolute atomic E-state index is 0.706. The standard InChI is InChI=1S/C6H12ClF3Si/c1-11(2,3)5(7)4-6(8,9)10/h5H,4H2,1-3H3. The van der Waals surface area contributed by atoms with Crippen LogP contribution < -0.4 is 0 Å². The van der Waals surface area contributed by atoms with Crippen molar-refractivity contribution in [3.8, 4) is 0 Å². The Hall–Kier alpha value is 0.297. The summed E-state index contributed by atoms with van der Waals surface area (Å²) in [6.45, 7) is 5.49. The summed E-state index contributed by atoms with van der Waals surface area (Å²) in [6, 6.07) is 0. The van der Waals surface area contributed by atoms with E-state index in [-0.39, 0.29) is 0 Å². The highest BCUT2D eigenvalue weighted by atomic mass is 35.5. The molecule has 0 bridgehead atoms. The highest BCUT2D eigenvalue weighted by molar-refractivity contribution is 6.83. The van der Waals surface area contributed by atoms with Crippen LogP contribution in [0.3, 0.4) is 0 Å². The van der Waals surface area contributed by atoms with Gasteiger partial charge in [0.1, 0.15) is 0 Å². The quantitative estimate of drug-likeness (QED) is 0.478. The van der Waals surface area contributed by atoms with Gasteiger partial charge < -0.3 is 0 Å². The molecule has 5 heteroatoms. The van der Waals surface area contributed by atoms with E-state index in [0.717, 1.165) is 0 Å². The second kappa shape index (κ2) is 3.35. The maximum Gasteiger partial charge on any atom is 0.390 e. The molecular formula is C6H12ClF3Si. The van der Waals surface area contributed by atoms with E-state index < -0.39 is 25.7 Å². The van der Waals surface area contributed by atoms with Gasteiger partial charge in [0.05, 0.1) is 14.5 Å². The van der Waals surface area contributed by atoms with Crippen LogP contribution in [-0.2, 0) is 0 Å². The minimum Gasteiger partial charge on any atom is -0.171 e. The predicted octanol–water partition coefficient (Wildman–Crippen LogP) is 3.42. The molecule has 1 atom stereocenters. The molecule has 0 spiro atoms. The molecule has 0 aliphatic carbocycles. The second-order valence-electron chi connectivity index (χ2n) is 3.65. The molecule has 0 aromatic heterocycles. The third-order valence-corrected chi connectivity index (χ3v) is 5.55. The average molecular weight is 205 g/mol. The van der Waals surface area contributed by atoms with E-state index in [9.17, 15) is 13.2 Å². The van der Waals surface area contributed by atoms with Crippen LogP contribution in [0.25, 0.3) is 0 Å². The van der Waals surface area contributed by atoms with Gasteiger partial charge in [-0.2, -0.15) is 13.2 Å². The number of hydrogen-bond acceptors (Lipinski definition) is 0. The first-order chi connectivity index (χ1) is 4.63. The van der Waals surface area contributed by atoms with Crippen molar-refractivity contribution in [2.45, 2.75) is 37.2 Å². The smallest absolute Gasteiger partial charge is 0.171 e. The summed E-state index contributed by atoms with van der Waals surface area (Å²) in [4.78, 5) is 0. The zero-order chi connectivity index (χ0) is 9.28. The van der Waals surface area contributed by atoms with Gasteiger partial charge in [0.15, 0.2) is 0 Å². The van der Waals surface area contributed by atoms with Crippen molar-refractivity contribution in [1.82, 2.24) is 0 Å². The van der Waals surface area contributed by atoms with Crippen molar-refractivity contribution in [2.75, 3.05) is 0 Å². The van der Waals surface area contributed by atoms with Gasteiger partial charge in [-0.05, 0) is 0 Å². The lowest BCUT2D eigenvalue weighted by atomic mass is 10.5. The first kappa shape index (κ1) is 11.3. The topological polar surface area (TPSA) is 0 Å². The van der Waals surface area contributed by atoms with Crippen LogP contribution >= 0.6 is 11.6 Å². The highest BCUT2D eigenvalue weighted by Crippen LogP contribution is 2.28. The molecule has 1 unspecified atom stereocenters. The van der Waals surface area contributed by atoms with Gasteiger partial charge in [-0.25, -0.2) is 0 Å². The van der Waals surface area contributed by atoms with E-state index in [1.165, 1.54) is 0 Å². The van der Waals surface area contributed by atoms with Gasteiger partial charge in [-0.1, -0.05) is 19.6 Å². The Kier molecular flexibility index (Phi) is 3.44. The van der Waals surface area contributed by atoms with E-state index in [0.29, 0.717) is 0 Å². The molecule has 0 aliphatic rings. The highest BCUT2D eigenvalue weighted by Gasteiger charge is 2.36. The number of rotatable bonds is 2. The molecule has 0 amide bonds. The largest absolute Gasteiger partial charge is 0.390 e. The van der Waals surface area contributed by atoms with Crippen molar-refractivity contribution < 1.29 is 13.2 Å². The van der Waals surface area contributed by atoms with Crippen molar-refractivity contribution >= 4 is 19.7 Å². The Balaban J connectivity index is 3.99. The van der Waals surface area contributed by atoms with Crippen LogP contribution in [0.2, 0.25) is 19.6 Å². The monoisotopic (exact) mass is 204 g/mol. The van der Waals surface area contributed by atoms with Gasteiger partial charge in [-0.15, -0.1) is 11.6 Å². The molecule has 0 fully saturated rings. The predicted molar refractivity (Wildman–Crippen MR) is 43.7 cm³/mol. The Morgan fingerprint density at radius 3 is 1.73 bits per heavy atom. The van der Waals surface area contributed by atoms with Crippen molar-refractivity contribution in [1.29, 1.82) is 0 Å². The Morgan fingerprint density at radius 1 is 1.27 bits per heavy atom. The lowest BCUT2D eigenvalue weighted by molar-refractivity contribution is -0.132. The molecule has 0 nitrogen and oxygen atoms in total. The van der Waals surface area contributed by atoms with E-state index >= 15 is 0 Å². The summed E-state index contributed by atoms with van der Waals surface area (Å²) < 4.78 is 35.3. The SMILES string of the molecule is C[Si](C)(C)C(Cl)CC(F)(F)F. The van der Waals surface area contributed by atoms with Crippen molar-refractivity contribution in [2.24, 2.45) is 0 Å². The number of halogens is 4. The van der Waals surface area contributed by atoms with Gasteiger partial charge in [0.2, 0.25) is 0 Å². The fourth-order valence-electron chi connectivity index (χ4n) is 0.509. The van der Waals surface area contributed by atoms with Gasteiger partial charge in [0.25, 0.3) is 0 Å². The summed E-state index contributed by atoms with van der Waals surface area (Å²) in [7, 11) is -1.82. The summed E-state index contributed by atoms with van der Waals surface area (Å²) in [6.07, 6.45) is -4.98. The first-order valence-corrected chi connectivity index (χ1v) is 7.35. The minimum atomic E-state index is -4.12. The van der Waals surface area contributed by atoms with E-state index in [1.807, 2.05) is 19.6 Å². The van der Waals surface area contributed by atoms with Gasteiger partial charge in [0, 0.05) is 5.00 Å². The lowest BCUT2D eigenvalue weighted by Gasteiger charge is -2.23. The molecule has 0 N–H and O–H groups in total. The third kappa shape index (κ3) is 5.55. The van der Waals surface area contributed by atoms with Crippen LogP contribution in [0.4, 0.5) is 13.2 Å². The molecular weight excluding hydrogens is 193 g/mol. The van der Waals surface area contributed by atoms with Crippen LogP contribution in [0.15, 0.2) is 0 Å². The fraction of sp³-hybridized carbons (Fsp3) is 1.00. The third-order valence-electron chi connectivity index (χ3n) is 1.35. The molecule has 0 saturated heterocycles. The molecule has 0 saturated carbocycles. The Morgan fingerprint density at radius 2 is 1.64 bits per heavy atom. The molecule has 0 heterocycles. The molecule has 0 aromatic rings. The van der Waals surface area contributed by atoms with Crippen LogP contribution in [0.1, 0.15) is 6.42 Å². The maximum absolute atomic E-state index is 11.8. The summed E-state index contributed by atoms with van der Waals surface area (Å²) in [5.74, 6) is 0. The normalized spacial score (nSPS) is 16.6. The second-order valence-corrected chi connectivity index (χ2v) is 9.97. The van der Waals surface area contributed by atoms with Gasteiger partial charge >= 0.3 is 6.18 Å². The zero-order valence-electron chi connectivity index (χ0n) is 6.80. The van der Waals surface area contributed by atoms with Gasteiger partial charge in [-0.3, -0.25) is 0 Å². The molecule has 11 heavy (non-hydrogen) atoms. The van der Waals surface area contributed by atoms with Crippen LogP contribution in [0, 0.1) is 0 Å². The molecule has 68 valence electrons. The van der Waals surface area contributed by atoms with Crippen molar-refractivity contribution in [3.63, 3.8) is 0 Å². The summed E-state index contributed by atoms with van der Waals surface area (Å²) >= 11 is 5.58. The Labute approximate surface area is 70.7 Å². The van der Waals surface area contributed by atoms with Crippen LogP contribution in [-0.4, -0.2) is 19.3 Å². The summed E-state index contributed by atoms with van der Waals surface area (Å²) in [5.41, 5.74) is 0. The zero-order valence-corrected chi connectivity index (χ0v) is 8.55. The molecule has 0 radical (unpaired) electrons. The Bertz CT molecular complexity index is 127. The molecule has 0 rings (SSSR count). The maximum atomic E-state index is 11.8. The number of alkyl halides is 4. The first-order valence-electron chi connectivity index (χ1n) is 3.34. The summed E-state index contributed by atoms with van der Waals surface area (Å²) in [5, 5.41) is -0.706. The lowest BCUT2D eigenvalue weighted by Crippen LogP contribution is -2.37. The van der Waals surface area contributed by atoms with Crippen LogP contribution in [0.5, 0.6) is 0 Å². The molecule has 0 aromatic carbocycles. The number of hydrogen-bond donors (Lipinski definition) is 0.